The smallest absolute Gasteiger partial charge is 0.257 e. The van der Waals surface area contributed by atoms with Crippen molar-refractivity contribution >= 4 is 5.91 Å². The average molecular weight is 369 g/mol. The lowest BCUT2D eigenvalue weighted by Gasteiger charge is -2.22. The number of benzene rings is 1. The van der Waals surface area contributed by atoms with Crippen LogP contribution in [0, 0.1) is 25.7 Å². The zero-order valence-electron chi connectivity index (χ0n) is 16.0. The maximum absolute atomic E-state index is 13.2. The van der Waals surface area contributed by atoms with Crippen molar-refractivity contribution in [1.82, 2.24) is 15.4 Å². The fourth-order valence-corrected chi connectivity index (χ4v) is 4.22. The molecule has 6 nitrogen and oxygen atoms in total. The summed E-state index contributed by atoms with van der Waals surface area (Å²) in [7, 11) is 0. The van der Waals surface area contributed by atoms with E-state index in [2.05, 4.69) is 10.5 Å². The summed E-state index contributed by atoms with van der Waals surface area (Å²) >= 11 is 0. The van der Waals surface area contributed by atoms with Crippen molar-refractivity contribution in [3.63, 3.8) is 0 Å². The molecule has 2 saturated heterocycles. The molecule has 0 unspecified atom stereocenters. The predicted molar refractivity (Wildman–Crippen MR) is 102 cm³/mol. The van der Waals surface area contributed by atoms with E-state index >= 15 is 0 Å². The van der Waals surface area contributed by atoms with Crippen LogP contribution in [-0.4, -0.2) is 42.1 Å². The van der Waals surface area contributed by atoms with Gasteiger partial charge in [0, 0.05) is 13.1 Å². The molecule has 1 aromatic carbocycles. The van der Waals surface area contributed by atoms with Gasteiger partial charge in [-0.05, 0) is 63.7 Å². The molecule has 2 aromatic rings. The number of nitrogens with one attached hydrogen (secondary N) is 1. The van der Waals surface area contributed by atoms with Crippen LogP contribution < -0.4 is 10.1 Å². The van der Waals surface area contributed by atoms with Crippen LogP contribution in [0.3, 0.4) is 0 Å². The Bertz CT molecular complexity index is 783. The number of nitrogens with zero attached hydrogens (tertiary/aromatic N) is 2. The summed E-state index contributed by atoms with van der Waals surface area (Å²) in [6, 6.07) is 7.52. The Labute approximate surface area is 159 Å². The first-order valence-electron chi connectivity index (χ1n) is 9.77. The summed E-state index contributed by atoms with van der Waals surface area (Å²) in [4.78, 5) is 15.2. The number of carbonyl (C=O) groups is 1. The summed E-state index contributed by atoms with van der Waals surface area (Å²) in [6.07, 6.45) is 2.15. The Morgan fingerprint density at radius 3 is 2.59 bits per heavy atom. The maximum Gasteiger partial charge on any atom is 0.257 e. The van der Waals surface area contributed by atoms with E-state index in [9.17, 15) is 4.79 Å². The fraction of sp³-hybridized carbons (Fsp3) is 0.524. The normalized spacial score (nSPS) is 22.4. The minimum Gasteiger partial charge on any atom is -0.488 e. The van der Waals surface area contributed by atoms with Crippen LogP contribution in [0.15, 0.2) is 28.8 Å². The summed E-state index contributed by atoms with van der Waals surface area (Å²) in [6.45, 7) is 7.93. The molecular weight excluding hydrogens is 342 g/mol. The zero-order valence-corrected chi connectivity index (χ0v) is 16.0. The van der Waals surface area contributed by atoms with Crippen molar-refractivity contribution in [2.75, 3.05) is 26.2 Å². The van der Waals surface area contributed by atoms with Gasteiger partial charge in [-0.3, -0.25) is 4.79 Å². The van der Waals surface area contributed by atoms with Gasteiger partial charge < -0.3 is 19.5 Å². The third-order valence-corrected chi connectivity index (χ3v) is 5.98. The molecule has 2 aliphatic heterocycles. The number of para-hydroxylation sites is 1. The second-order valence-electron chi connectivity index (χ2n) is 7.64. The molecule has 6 heteroatoms. The fourth-order valence-electron chi connectivity index (χ4n) is 4.22. The van der Waals surface area contributed by atoms with E-state index < -0.39 is 0 Å². The highest BCUT2D eigenvalue weighted by atomic mass is 16.5. The van der Waals surface area contributed by atoms with Gasteiger partial charge in [-0.2, -0.15) is 0 Å². The third-order valence-electron chi connectivity index (χ3n) is 5.98. The first-order valence-corrected chi connectivity index (χ1v) is 9.77. The molecule has 2 fully saturated rings. The summed E-state index contributed by atoms with van der Waals surface area (Å²) < 4.78 is 11.2. The summed E-state index contributed by atoms with van der Waals surface area (Å²) in [5.41, 5.74) is 2.39. The highest BCUT2D eigenvalue weighted by Crippen LogP contribution is 2.29. The SMILES string of the molecule is Cc1noc(C)c1COc1ccccc1C(=O)N1CC[C@@H]2CNC[C@@H]2CC1. The average Bonchev–Trinajstić information content (AvgIpc) is 3.20. The molecule has 0 spiro atoms. The van der Waals surface area contributed by atoms with Gasteiger partial charge in [0.15, 0.2) is 0 Å². The maximum atomic E-state index is 13.2. The number of ether oxygens (including phenoxy) is 1. The Balaban J connectivity index is 1.47. The lowest BCUT2D eigenvalue weighted by atomic mass is 9.92. The van der Waals surface area contributed by atoms with Crippen LogP contribution >= 0.6 is 0 Å². The number of hydrogen-bond donors (Lipinski definition) is 1. The molecule has 0 saturated carbocycles. The number of fused-ring (bicyclic) bond motifs is 1. The van der Waals surface area contributed by atoms with Crippen molar-refractivity contribution in [3.05, 3.63) is 46.8 Å². The number of aryl methyl sites for hydroxylation is 2. The van der Waals surface area contributed by atoms with Crippen LogP contribution in [0.25, 0.3) is 0 Å². The number of carbonyl (C=O) groups excluding carboxylic acids is 1. The second kappa shape index (κ2) is 7.72. The standard InChI is InChI=1S/C21H27N3O3/c1-14-19(15(2)27-23-14)13-26-20-6-4-3-5-18(20)21(25)24-9-7-16-11-22-12-17(16)8-10-24/h3-6,16-17,22H,7-13H2,1-2H3/t16-,17+. The summed E-state index contributed by atoms with van der Waals surface area (Å²) in [5, 5.41) is 7.44. The quantitative estimate of drug-likeness (QED) is 0.897. The van der Waals surface area contributed by atoms with Crippen LogP contribution in [0.2, 0.25) is 0 Å². The van der Waals surface area contributed by atoms with Gasteiger partial charge in [-0.1, -0.05) is 17.3 Å². The van der Waals surface area contributed by atoms with Crippen LogP contribution in [0.1, 0.15) is 40.2 Å². The van der Waals surface area contributed by atoms with Gasteiger partial charge in [0.1, 0.15) is 18.1 Å². The number of likely N-dealkylation sites (tertiary alicyclic amines) is 1. The number of aromatic nitrogens is 1. The highest BCUT2D eigenvalue weighted by molar-refractivity contribution is 5.97. The molecule has 144 valence electrons. The molecule has 0 bridgehead atoms. The molecule has 27 heavy (non-hydrogen) atoms. The van der Waals surface area contributed by atoms with Crippen molar-refractivity contribution in [1.29, 1.82) is 0 Å². The zero-order chi connectivity index (χ0) is 18.8. The van der Waals surface area contributed by atoms with Gasteiger partial charge in [-0.25, -0.2) is 0 Å². The number of amides is 1. The van der Waals surface area contributed by atoms with E-state index in [1.165, 1.54) is 0 Å². The van der Waals surface area contributed by atoms with E-state index in [0.29, 0.717) is 29.8 Å². The lowest BCUT2D eigenvalue weighted by Crippen LogP contribution is -2.33. The number of hydrogen-bond acceptors (Lipinski definition) is 5. The van der Waals surface area contributed by atoms with Crippen LogP contribution in [-0.2, 0) is 6.61 Å². The van der Waals surface area contributed by atoms with Gasteiger partial charge >= 0.3 is 0 Å². The molecule has 4 rings (SSSR count). The molecule has 1 amide bonds. The van der Waals surface area contributed by atoms with E-state index in [0.717, 1.165) is 56.0 Å². The van der Waals surface area contributed by atoms with Gasteiger partial charge in [0.2, 0.25) is 0 Å². The monoisotopic (exact) mass is 369 g/mol. The van der Waals surface area contributed by atoms with E-state index in [1.807, 2.05) is 43.0 Å². The molecule has 0 radical (unpaired) electrons. The predicted octanol–water partition coefficient (Wildman–Crippen LogP) is 2.94. The van der Waals surface area contributed by atoms with Crippen molar-refractivity contribution in [2.45, 2.75) is 33.3 Å². The first-order chi connectivity index (χ1) is 13.1. The van der Waals surface area contributed by atoms with E-state index in [1.54, 1.807) is 0 Å². The highest BCUT2D eigenvalue weighted by Gasteiger charge is 2.32. The lowest BCUT2D eigenvalue weighted by molar-refractivity contribution is 0.0753. The van der Waals surface area contributed by atoms with Gasteiger partial charge in [0.05, 0.1) is 16.8 Å². The third kappa shape index (κ3) is 3.72. The molecule has 3 heterocycles. The molecule has 1 aromatic heterocycles. The van der Waals surface area contributed by atoms with Crippen molar-refractivity contribution in [2.24, 2.45) is 11.8 Å². The first kappa shape index (κ1) is 18.0. The largest absolute Gasteiger partial charge is 0.488 e. The second-order valence-corrected chi connectivity index (χ2v) is 7.64. The minimum absolute atomic E-state index is 0.0669. The van der Waals surface area contributed by atoms with Crippen molar-refractivity contribution < 1.29 is 14.1 Å². The van der Waals surface area contributed by atoms with Crippen LogP contribution in [0.5, 0.6) is 5.75 Å². The molecule has 2 atom stereocenters. The van der Waals surface area contributed by atoms with Gasteiger partial charge in [-0.15, -0.1) is 0 Å². The van der Waals surface area contributed by atoms with Crippen LogP contribution in [0.4, 0.5) is 0 Å². The van der Waals surface area contributed by atoms with Crippen molar-refractivity contribution in [3.8, 4) is 5.75 Å². The number of rotatable bonds is 4. The molecular formula is C21H27N3O3. The minimum atomic E-state index is 0.0669. The topological polar surface area (TPSA) is 67.6 Å². The molecule has 0 aliphatic carbocycles. The van der Waals surface area contributed by atoms with Gasteiger partial charge in [0.25, 0.3) is 5.91 Å². The van der Waals surface area contributed by atoms with E-state index in [4.69, 9.17) is 9.26 Å². The Morgan fingerprint density at radius 2 is 1.93 bits per heavy atom. The Morgan fingerprint density at radius 1 is 1.22 bits per heavy atom. The Hall–Kier alpha value is -2.34. The molecule has 2 aliphatic rings. The molecule has 1 N–H and O–H groups in total. The summed E-state index contributed by atoms with van der Waals surface area (Å²) in [5.74, 6) is 2.84. The van der Waals surface area contributed by atoms with E-state index in [-0.39, 0.29) is 5.91 Å². The Kier molecular flexibility index (Phi) is 5.16.